The minimum atomic E-state index is -0.243. The summed E-state index contributed by atoms with van der Waals surface area (Å²) in [5, 5.41) is 0. The molecule has 0 atom stereocenters. The molecule has 1 aliphatic carbocycles. The van der Waals surface area contributed by atoms with Crippen LogP contribution in [0.4, 0.5) is 4.39 Å². The average molecular weight is 362 g/mol. The first-order valence-electron chi connectivity index (χ1n) is 9.26. The maximum Gasteiger partial charge on any atom is 0.165 e. The van der Waals surface area contributed by atoms with Gasteiger partial charge in [-0.1, -0.05) is 19.9 Å². The number of aromatic nitrogens is 2. The number of H-pyrrole nitrogens is 1. The molecule has 1 aliphatic rings. The summed E-state index contributed by atoms with van der Waals surface area (Å²) in [7, 11) is 0. The fraction of sp³-hybridized carbons (Fsp3) is 0.304. The van der Waals surface area contributed by atoms with Crippen LogP contribution >= 0.6 is 0 Å². The summed E-state index contributed by atoms with van der Waals surface area (Å²) in [6.07, 6.45) is 5.37. The number of Topliss-reactive ketones (excluding diaryl/α,β-unsaturated/α-hetero) is 1. The van der Waals surface area contributed by atoms with Gasteiger partial charge in [0.05, 0.1) is 5.69 Å². The van der Waals surface area contributed by atoms with E-state index in [4.69, 9.17) is 0 Å². The van der Waals surface area contributed by atoms with Crippen LogP contribution in [0.3, 0.4) is 0 Å². The quantitative estimate of drug-likeness (QED) is 0.690. The summed E-state index contributed by atoms with van der Waals surface area (Å²) in [5.74, 6) is -0.0757. The van der Waals surface area contributed by atoms with Crippen LogP contribution in [0.15, 0.2) is 42.7 Å². The van der Waals surface area contributed by atoms with Crippen molar-refractivity contribution in [1.82, 2.24) is 9.97 Å². The second-order valence-electron chi connectivity index (χ2n) is 8.32. The average Bonchev–Trinajstić information content (AvgIpc) is 2.91. The van der Waals surface area contributed by atoms with Gasteiger partial charge in [-0.25, -0.2) is 4.39 Å². The number of pyridine rings is 1. The number of carbonyl (C=O) groups excluding carboxylic acids is 1. The van der Waals surface area contributed by atoms with Crippen molar-refractivity contribution in [3.63, 3.8) is 0 Å². The van der Waals surface area contributed by atoms with E-state index in [9.17, 15) is 9.18 Å². The summed E-state index contributed by atoms with van der Waals surface area (Å²) in [4.78, 5) is 20.6. The first kappa shape index (κ1) is 17.7. The van der Waals surface area contributed by atoms with Crippen LogP contribution < -0.4 is 0 Å². The van der Waals surface area contributed by atoms with Crippen LogP contribution in [0.5, 0.6) is 0 Å². The number of carbonyl (C=O) groups is 1. The Morgan fingerprint density at radius 2 is 1.89 bits per heavy atom. The molecule has 3 aromatic rings. The van der Waals surface area contributed by atoms with Crippen molar-refractivity contribution in [3.05, 3.63) is 76.5 Å². The lowest BCUT2D eigenvalue weighted by atomic mass is 9.75. The maximum absolute atomic E-state index is 13.9. The van der Waals surface area contributed by atoms with Crippen molar-refractivity contribution in [2.24, 2.45) is 5.41 Å². The Bertz CT molecular complexity index is 998. The van der Waals surface area contributed by atoms with Gasteiger partial charge in [0.1, 0.15) is 5.82 Å². The van der Waals surface area contributed by atoms with E-state index in [1.165, 1.54) is 6.07 Å². The highest BCUT2D eigenvalue weighted by Gasteiger charge is 2.35. The molecule has 0 aliphatic heterocycles. The van der Waals surface area contributed by atoms with Gasteiger partial charge in [0, 0.05) is 42.1 Å². The van der Waals surface area contributed by atoms with E-state index in [2.05, 4.69) is 23.8 Å². The van der Waals surface area contributed by atoms with E-state index >= 15 is 0 Å². The summed E-state index contributed by atoms with van der Waals surface area (Å²) in [6, 6.07) is 8.93. The molecule has 2 aromatic heterocycles. The predicted octanol–water partition coefficient (Wildman–Crippen LogP) is 5.27. The summed E-state index contributed by atoms with van der Waals surface area (Å²) < 4.78 is 13.9. The Hall–Kier alpha value is -2.75. The molecule has 0 saturated carbocycles. The Morgan fingerprint density at radius 3 is 2.59 bits per heavy atom. The third-order valence-electron chi connectivity index (χ3n) is 5.21. The van der Waals surface area contributed by atoms with E-state index in [-0.39, 0.29) is 17.0 Å². The molecule has 4 heteroatoms. The van der Waals surface area contributed by atoms with Gasteiger partial charge >= 0.3 is 0 Å². The molecule has 0 spiro atoms. The minimum absolute atomic E-state index is 0.0584. The normalized spacial score (nSPS) is 15.6. The zero-order valence-electron chi connectivity index (χ0n) is 15.9. The first-order valence-corrected chi connectivity index (χ1v) is 9.26. The zero-order chi connectivity index (χ0) is 19.2. The second kappa shape index (κ2) is 6.45. The lowest BCUT2D eigenvalue weighted by Gasteiger charge is -2.28. The largest absolute Gasteiger partial charge is 0.358 e. The number of fused-ring (bicyclic) bond motifs is 1. The van der Waals surface area contributed by atoms with Gasteiger partial charge in [0.2, 0.25) is 0 Å². The van der Waals surface area contributed by atoms with Crippen LogP contribution in [0, 0.1) is 18.2 Å². The van der Waals surface area contributed by atoms with Crippen LogP contribution in [0.25, 0.3) is 11.3 Å². The number of aromatic amines is 1. The second-order valence-corrected chi connectivity index (χ2v) is 8.32. The van der Waals surface area contributed by atoms with Crippen molar-refractivity contribution >= 4 is 5.78 Å². The SMILES string of the molecule is Cc1cc(F)cc(Cc2c(-c3ccncc3)[nH]c3c2C(=O)CC(C)(C)C3)c1. The molecule has 0 fully saturated rings. The lowest BCUT2D eigenvalue weighted by Crippen LogP contribution is -2.27. The van der Waals surface area contributed by atoms with E-state index in [1.54, 1.807) is 18.5 Å². The Morgan fingerprint density at radius 1 is 1.15 bits per heavy atom. The molecule has 27 heavy (non-hydrogen) atoms. The zero-order valence-corrected chi connectivity index (χ0v) is 15.9. The smallest absolute Gasteiger partial charge is 0.165 e. The number of hydrogen-bond donors (Lipinski definition) is 1. The van der Waals surface area contributed by atoms with Crippen molar-refractivity contribution in [1.29, 1.82) is 0 Å². The number of aryl methyl sites for hydroxylation is 1. The molecule has 4 rings (SSSR count). The molecular weight excluding hydrogens is 339 g/mol. The molecule has 0 bridgehead atoms. The summed E-state index contributed by atoms with van der Waals surface area (Å²) >= 11 is 0. The van der Waals surface area contributed by atoms with Crippen LogP contribution in [-0.2, 0) is 12.8 Å². The third kappa shape index (κ3) is 3.44. The number of ketones is 1. The van der Waals surface area contributed by atoms with E-state index < -0.39 is 0 Å². The van der Waals surface area contributed by atoms with E-state index in [0.717, 1.165) is 45.6 Å². The minimum Gasteiger partial charge on any atom is -0.358 e. The van der Waals surface area contributed by atoms with Crippen molar-refractivity contribution in [2.75, 3.05) is 0 Å². The predicted molar refractivity (Wildman–Crippen MR) is 104 cm³/mol. The Labute approximate surface area is 158 Å². The van der Waals surface area contributed by atoms with Gasteiger partial charge in [0.15, 0.2) is 5.78 Å². The lowest BCUT2D eigenvalue weighted by molar-refractivity contribution is 0.0911. The van der Waals surface area contributed by atoms with Gasteiger partial charge < -0.3 is 4.98 Å². The Balaban J connectivity index is 1.88. The molecule has 1 N–H and O–H groups in total. The van der Waals surface area contributed by atoms with E-state index in [1.807, 2.05) is 25.1 Å². The molecule has 1 aromatic carbocycles. The van der Waals surface area contributed by atoms with Gasteiger partial charge in [-0.05, 0) is 59.7 Å². The Kier molecular flexibility index (Phi) is 4.22. The van der Waals surface area contributed by atoms with E-state index in [0.29, 0.717) is 12.8 Å². The molecule has 0 radical (unpaired) electrons. The van der Waals surface area contributed by atoms with Crippen LogP contribution in [0.2, 0.25) is 0 Å². The van der Waals surface area contributed by atoms with Crippen molar-refractivity contribution in [2.45, 2.75) is 40.0 Å². The highest BCUT2D eigenvalue weighted by molar-refractivity contribution is 6.02. The molecule has 3 nitrogen and oxygen atoms in total. The molecule has 0 unspecified atom stereocenters. The highest BCUT2D eigenvalue weighted by Crippen LogP contribution is 2.40. The highest BCUT2D eigenvalue weighted by atomic mass is 19.1. The van der Waals surface area contributed by atoms with Gasteiger partial charge in [-0.2, -0.15) is 0 Å². The van der Waals surface area contributed by atoms with Crippen LogP contribution in [0.1, 0.15) is 53.0 Å². The molecular formula is C23H23FN2O. The number of rotatable bonds is 3. The third-order valence-corrected chi connectivity index (χ3v) is 5.21. The van der Waals surface area contributed by atoms with Gasteiger partial charge in [0.25, 0.3) is 0 Å². The number of benzene rings is 1. The molecule has 138 valence electrons. The fourth-order valence-corrected chi connectivity index (χ4v) is 4.19. The topological polar surface area (TPSA) is 45.8 Å². The number of nitrogens with zero attached hydrogens (tertiary/aromatic N) is 1. The van der Waals surface area contributed by atoms with Crippen LogP contribution in [-0.4, -0.2) is 15.8 Å². The summed E-state index contributed by atoms with van der Waals surface area (Å²) in [5.41, 5.74) is 6.38. The molecule has 2 heterocycles. The first-order chi connectivity index (χ1) is 12.8. The van der Waals surface area contributed by atoms with Gasteiger partial charge in [-0.15, -0.1) is 0 Å². The molecule has 0 amide bonds. The number of nitrogens with one attached hydrogen (secondary N) is 1. The standard InChI is InChI=1S/C23H23FN2O/c1-14-8-15(10-17(24)9-14)11-18-21-19(12-23(2,3)13-20(21)27)26-22(18)16-4-6-25-7-5-16/h4-10,26H,11-13H2,1-3H3. The number of halogens is 1. The number of hydrogen-bond acceptors (Lipinski definition) is 2. The summed E-state index contributed by atoms with van der Waals surface area (Å²) in [6.45, 7) is 6.13. The monoisotopic (exact) mass is 362 g/mol. The van der Waals surface area contributed by atoms with Gasteiger partial charge in [-0.3, -0.25) is 9.78 Å². The molecule has 0 saturated heterocycles. The fourth-order valence-electron chi connectivity index (χ4n) is 4.19. The van der Waals surface area contributed by atoms with Crippen molar-refractivity contribution < 1.29 is 9.18 Å². The van der Waals surface area contributed by atoms with Crippen molar-refractivity contribution in [3.8, 4) is 11.3 Å². The maximum atomic E-state index is 13.9.